The van der Waals surface area contributed by atoms with Crippen molar-refractivity contribution < 1.29 is 33.3 Å². The van der Waals surface area contributed by atoms with Crippen LogP contribution in [0.25, 0.3) is 0 Å². The van der Waals surface area contributed by atoms with Gasteiger partial charge in [0, 0.05) is 17.3 Å². The van der Waals surface area contributed by atoms with Crippen LogP contribution in [0.5, 0.6) is 17.2 Å². The van der Waals surface area contributed by atoms with Crippen molar-refractivity contribution in [3.63, 3.8) is 0 Å². The lowest BCUT2D eigenvalue weighted by Crippen LogP contribution is -2.15. The Morgan fingerprint density at radius 1 is 1.03 bits per heavy atom. The van der Waals surface area contributed by atoms with E-state index in [0.29, 0.717) is 34.1 Å². The minimum absolute atomic E-state index is 0.0866. The number of ether oxygens (including phenoxy) is 4. The minimum atomic E-state index is -0.627. The number of methoxy groups -OCH3 is 1. The number of nitrogens with one attached hydrogen (secondary N) is 2. The molecule has 0 unspecified atom stereocenters. The smallest absolute Gasteiger partial charge is 0.341 e. The highest BCUT2D eigenvalue weighted by Crippen LogP contribution is 2.36. The van der Waals surface area contributed by atoms with Gasteiger partial charge in [0.05, 0.1) is 24.2 Å². The maximum Gasteiger partial charge on any atom is 0.341 e. The van der Waals surface area contributed by atoms with Gasteiger partial charge in [0.2, 0.25) is 6.79 Å². The third kappa shape index (κ3) is 4.67. The van der Waals surface area contributed by atoms with Crippen molar-refractivity contribution in [1.82, 2.24) is 0 Å². The lowest BCUT2D eigenvalue weighted by molar-refractivity contribution is 0.0527. The van der Waals surface area contributed by atoms with Crippen LogP contribution < -0.4 is 24.8 Å². The molecule has 2 N–H and O–H groups in total. The van der Waals surface area contributed by atoms with Gasteiger partial charge < -0.3 is 29.6 Å². The molecule has 0 fully saturated rings. The summed E-state index contributed by atoms with van der Waals surface area (Å²) in [5.74, 6) is 0.0724. The Labute approximate surface area is 199 Å². The fourth-order valence-electron chi connectivity index (χ4n) is 3.37. The van der Waals surface area contributed by atoms with Crippen LogP contribution in [0.3, 0.4) is 0 Å². The standard InChI is InChI=1S/C24H22N2O7S/c1-4-31-24(29)19-13(2)20(22(28)25-15-6-5-7-16(11-15)30-3)34-23(19)26-21(27)14-8-9-17-18(10-14)33-12-32-17/h5-11H,4,12H2,1-3H3,(H,25,28)(H,26,27). The highest BCUT2D eigenvalue weighted by atomic mass is 32.1. The molecule has 9 nitrogen and oxygen atoms in total. The van der Waals surface area contributed by atoms with Crippen LogP contribution >= 0.6 is 11.3 Å². The highest BCUT2D eigenvalue weighted by Gasteiger charge is 2.27. The van der Waals surface area contributed by atoms with Crippen molar-refractivity contribution >= 4 is 39.8 Å². The van der Waals surface area contributed by atoms with Crippen LogP contribution in [0, 0.1) is 6.92 Å². The van der Waals surface area contributed by atoms with Crippen molar-refractivity contribution in [3.05, 3.63) is 64.0 Å². The number of carbonyl (C=O) groups excluding carboxylic acids is 3. The van der Waals surface area contributed by atoms with Gasteiger partial charge in [-0.15, -0.1) is 11.3 Å². The van der Waals surface area contributed by atoms with Crippen LogP contribution in [-0.4, -0.2) is 38.3 Å². The molecule has 2 aromatic carbocycles. The molecule has 1 aliphatic heterocycles. The Hall–Kier alpha value is -4.05. The number of thiophene rings is 1. The molecule has 34 heavy (non-hydrogen) atoms. The Kier molecular flexibility index (Phi) is 6.69. The number of hydrogen-bond donors (Lipinski definition) is 2. The van der Waals surface area contributed by atoms with E-state index in [2.05, 4.69) is 10.6 Å². The predicted octanol–water partition coefficient (Wildman–Crippen LogP) is 4.48. The van der Waals surface area contributed by atoms with Crippen molar-refractivity contribution in [1.29, 1.82) is 0 Å². The summed E-state index contributed by atoms with van der Waals surface area (Å²) < 4.78 is 21.0. The van der Waals surface area contributed by atoms with Crippen molar-refractivity contribution in [3.8, 4) is 17.2 Å². The molecule has 0 bridgehead atoms. The summed E-state index contributed by atoms with van der Waals surface area (Å²) in [6.45, 7) is 3.55. The minimum Gasteiger partial charge on any atom is -0.497 e. The molecule has 0 radical (unpaired) electrons. The van der Waals surface area contributed by atoms with Crippen LogP contribution in [0.2, 0.25) is 0 Å². The molecular formula is C24H22N2O7S. The summed E-state index contributed by atoms with van der Waals surface area (Å²) in [5.41, 5.74) is 1.38. The number of carbonyl (C=O) groups is 3. The van der Waals surface area contributed by atoms with Crippen LogP contribution in [0.4, 0.5) is 10.7 Å². The van der Waals surface area contributed by atoms with E-state index in [0.717, 1.165) is 11.3 Å². The van der Waals surface area contributed by atoms with Crippen LogP contribution in [0.15, 0.2) is 42.5 Å². The molecular weight excluding hydrogens is 460 g/mol. The van der Waals surface area contributed by atoms with Gasteiger partial charge in [-0.3, -0.25) is 9.59 Å². The maximum atomic E-state index is 13.0. The summed E-state index contributed by atoms with van der Waals surface area (Å²) in [7, 11) is 1.53. The third-order valence-corrected chi connectivity index (χ3v) is 6.23. The van der Waals surface area contributed by atoms with Gasteiger partial charge in [-0.25, -0.2) is 4.79 Å². The first-order valence-corrected chi connectivity index (χ1v) is 11.2. The second kappa shape index (κ2) is 9.84. The Bertz CT molecular complexity index is 1270. The molecule has 3 aromatic rings. The van der Waals surface area contributed by atoms with E-state index in [1.807, 2.05) is 0 Å². The largest absolute Gasteiger partial charge is 0.497 e. The summed E-state index contributed by atoms with van der Waals surface area (Å²) in [4.78, 5) is 38.9. The summed E-state index contributed by atoms with van der Waals surface area (Å²) in [6, 6.07) is 11.7. The van der Waals surface area contributed by atoms with Gasteiger partial charge in [0.1, 0.15) is 10.8 Å². The number of anilines is 2. The van der Waals surface area contributed by atoms with Gasteiger partial charge in [-0.1, -0.05) is 6.07 Å². The zero-order chi connectivity index (χ0) is 24.2. The molecule has 10 heteroatoms. The molecule has 2 amide bonds. The topological polar surface area (TPSA) is 112 Å². The Balaban J connectivity index is 1.63. The average molecular weight is 483 g/mol. The highest BCUT2D eigenvalue weighted by molar-refractivity contribution is 7.19. The predicted molar refractivity (Wildman–Crippen MR) is 126 cm³/mol. The van der Waals surface area contributed by atoms with Crippen molar-refractivity contribution in [2.45, 2.75) is 13.8 Å². The molecule has 0 spiro atoms. The summed E-state index contributed by atoms with van der Waals surface area (Å²) in [6.07, 6.45) is 0. The molecule has 0 saturated heterocycles. The van der Waals surface area contributed by atoms with E-state index < -0.39 is 17.8 Å². The number of fused-ring (bicyclic) bond motifs is 1. The van der Waals surface area contributed by atoms with Gasteiger partial charge in [-0.2, -0.15) is 0 Å². The van der Waals surface area contributed by atoms with Crippen molar-refractivity contribution in [2.75, 3.05) is 31.1 Å². The molecule has 4 rings (SSSR count). The SMILES string of the molecule is CCOC(=O)c1c(NC(=O)c2ccc3c(c2)OCO3)sc(C(=O)Nc2cccc(OC)c2)c1C. The van der Waals surface area contributed by atoms with Crippen LogP contribution in [0.1, 0.15) is 42.9 Å². The van der Waals surface area contributed by atoms with Gasteiger partial charge in [0.15, 0.2) is 11.5 Å². The van der Waals surface area contributed by atoms with E-state index in [9.17, 15) is 14.4 Å². The van der Waals surface area contributed by atoms with E-state index in [-0.39, 0.29) is 28.8 Å². The zero-order valence-electron chi connectivity index (χ0n) is 18.7. The second-order valence-electron chi connectivity index (χ2n) is 7.19. The van der Waals surface area contributed by atoms with Crippen LogP contribution in [-0.2, 0) is 4.74 Å². The number of amides is 2. The van der Waals surface area contributed by atoms with E-state index >= 15 is 0 Å². The molecule has 0 saturated carbocycles. The Morgan fingerprint density at radius 3 is 2.59 bits per heavy atom. The molecule has 1 aromatic heterocycles. The summed E-state index contributed by atoms with van der Waals surface area (Å²) in [5, 5.41) is 5.75. The number of hydrogen-bond acceptors (Lipinski definition) is 8. The molecule has 0 aliphatic carbocycles. The summed E-state index contributed by atoms with van der Waals surface area (Å²) >= 11 is 0.994. The van der Waals surface area contributed by atoms with Gasteiger partial charge >= 0.3 is 5.97 Å². The number of rotatable bonds is 7. The Morgan fingerprint density at radius 2 is 1.82 bits per heavy atom. The first kappa shape index (κ1) is 23.1. The van der Waals surface area contributed by atoms with Gasteiger partial charge in [0.25, 0.3) is 11.8 Å². The first-order chi connectivity index (χ1) is 16.4. The number of benzene rings is 2. The third-order valence-electron chi connectivity index (χ3n) is 5.02. The molecule has 176 valence electrons. The average Bonchev–Trinajstić information content (AvgIpc) is 3.42. The molecule has 0 atom stereocenters. The van der Waals surface area contributed by atoms with Gasteiger partial charge in [-0.05, 0) is 49.7 Å². The maximum absolute atomic E-state index is 13.0. The molecule has 2 heterocycles. The number of esters is 1. The van der Waals surface area contributed by atoms with E-state index in [1.54, 1.807) is 56.3 Å². The normalized spacial score (nSPS) is 11.6. The quantitative estimate of drug-likeness (QED) is 0.478. The molecule has 1 aliphatic rings. The fraction of sp³-hybridized carbons (Fsp3) is 0.208. The first-order valence-electron chi connectivity index (χ1n) is 10.4. The van der Waals surface area contributed by atoms with E-state index in [1.165, 1.54) is 7.11 Å². The lowest BCUT2D eigenvalue weighted by Gasteiger charge is -2.08. The van der Waals surface area contributed by atoms with E-state index in [4.69, 9.17) is 18.9 Å². The zero-order valence-corrected chi connectivity index (χ0v) is 19.5. The van der Waals surface area contributed by atoms with Crippen molar-refractivity contribution in [2.24, 2.45) is 0 Å². The fourth-order valence-corrected chi connectivity index (χ4v) is 4.45. The lowest BCUT2D eigenvalue weighted by atomic mass is 10.1. The second-order valence-corrected chi connectivity index (χ2v) is 8.21. The monoisotopic (exact) mass is 482 g/mol.